The van der Waals surface area contributed by atoms with Crippen molar-refractivity contribution in [1.82, 2.24) is 5.32 Å². The number of halogens is 2. The van der Waals surface area contributed by atoms with Gasteiger partial charge in [-0.05, 0) is 56.8 Å². The highest BCUT2D eigenvalue weighted by atomic mass is 79.9. The lowest BCUT2D eigenvalue weighted by Crippen LogP contribution is -2.44. The lowest BCUT2D eigenvalue weighted by atomic mass is 9.74. The predicted octanol–water partition coefficient (Wildman–Crippen LogP) is 3.59. The van der Waals surface area contributed by atoms with Gasteiger partial charge in [0.2, 0.25) is 0 Å². The number of methoxy groups -OCH3 is 1. The summed E-state index contributed by atoms with van der Waals surface area (Å²) in [6.07, 6.45) is 4.36. The molecule has 1 heterocycles. The summed E-state index contributed by atoms with van der Waals surface area (Å²) in [4.78, 5) is 0. The molecule has 1 saturated heterocycles. The van der Waals surface area contributed by atoms with Gasteiger partial charge in [0.1, 0.15) is 5.82 Å². The van der Waals surface area contributed by atoms with Gasteiger partial charge in [0.25, 0.3) is 0 Å². The van der Waals surface area contributed by atoms with Crippen molar-refractivity contribution in [2.45, 2.75) is 37.7 Å². The highest BCUT2D eigenvalue weighted by Crippen LogP contribution is 2.41. The molecule has 1 unspecified atom stereocenters. The van der Waals surface area contributed by atoms with Gasteiger partial charge in [-0.3, -0.25) is 0 Å². The number of aliphatic hydroxyl groups is 1. The molecular weight excluding hydrogens is 349 g/mol. The van der Waals surface area contributed by atoms with Crippen LogP contribution in [0.3, 0.4) is 0 Å². The molecule has 0 amide bonds. The average Bonchev–Trinajstić information content (AvgIpc) is 2.54. The van der Waals surface area contributed by atoms with Crippen LogP contribution in [-0.2, 0) is 10.3 Å². The molecule has 0 aromatic heterocycles. The number of ether oxygens (including phenoxy) is 1. The maximum atomic E-state index is 13.7. The molecule has 2 atom stereocenters. The Bertz CT molecular complexity index is 480. The molecule has 3 nitrogen and oxygen atoms in total. The van der Waals surface area contributed by atoms with Crippen LogP contribution < -0.4 is 5.32 Å². The summed E-state index contributed by atoms with van der Waals surface area (Å²) in [7, 11) is 1.68. The minimum absolute atomic E-state index is 0.0990. The molecule has 1 fully saturated rings. The fourth-order valence-corrected chi connectivity index (χ4v) is 3.88. The Labute approximate surface area is 140 Å². The molecule has 0 spiro atoms. The molecule has 0 bridgehead atoms. The lowest BCUT2D eigenvalue weighted by molar-refractivity contribution is -0.0442. The second kappa shape index (κ2) is 8.39. The van der Waals surface area contributed by atoms with Crippen molar-refractivity contribution >= 4 is 15.9 Å². The summed E-state index contributed by atoms with van der Waals surface area (Å²) < 4.78 is 19.6. The smallest absolute Gasteiger partial charge is 0.123 e. The Balaban J connectivity index is 2.24. The van der Waals surface area contributed by atoms with E-state index in [1.807, 2.05) is 0 Å². The van der Waals surface area contributed by atoms with Crippen molar-refractivity contribution < 1.29 is 14.2 Å². The van der Waals surface area contributed by atoms with Crippen molar-refractivity contribution in [3.05, 3.63) is 34.1 Å². The number of unbranched alkanes of at least 4 members (excludes halogenated alkanes) is 1. The Morgan fingerprint density at radius 1 is 1.45 bits per heavy atom. The van der Waals surface area contributed by atoms with Crippen LogP contribution in [0.15, 0.2) is 22.7 Å². The van der Waals surface area contributed by atoms with E-state index in [4.69, 9.17) is 4.74 Å². The van der Waals surface area contributed by atoms with Crippen molar-refractivity contribution in [2.24, 2.45) is 5.92 Å². The van der Waals surface area contributed by atoms with Crippen LogP contribution in [0.25, 0.3) is 0 Å². The number of benzene rings is 1. The van der Waals surface area contributed by atoms with Crippen LogP contribution in [0.5, 0.6) is 0 Å². The molecule has 1 aliphatic heterocycles. The molecule has 0 aliphatic carbocycles. The van der Waals surface area contributed by atoms with Crippen molar-refractivity contribution in [2.75, 3.05) is 26.8 Å². The summed E-state index contributed by atoms with van der Waals surface area (Å²) >= 11 is 3.48. The van der Waals surface area contributed by atoms with Gasteiger partial charge in [0.05, 0.1) is 5.60 Å². The second-order valence-electron chi connectivity index (χ2n) is 6.04. The lowest BCUT2D eigenvalue weighted by Gasteiger charge is -2.40. The molecule has 2 N–H and O–H groups in total. The highest BCUT2D eigenvalue weighted by Gasteiger charge is 2.39. The first-order chi connectivity index (χ1) is 10.6. The third-order valence-corrected chi connectivity index (χ3v) is 5.21. The van der Waals surface area contributed by atoms with E-state index in [0.717, 1.165) is 43.2 Å². The molecule has 0 saturated carbocycles. The average molecular weight is 374 g/mol. The van der Waals surface area contributed by atoms with Gasteiger partial charge in [-0.2, -0.15) is 0 Å². The fraction of sp³-hybridized carbons (Fsp3) is 0.647. The second-order valence-corrected chi connectivity index (χ2v) is 6.90. The first kappa shape index (κ1) is 17.9. The minimum atomic E-state index is -1.01. The quantitative estimate of drug-likeness (QED) is 0.717. The number of nitrogens with one attached hydrogen (secondary N) is 1. The number of hydrogen-bond acceptors (Lipinski definition) is 3. The molecule has 124 valence electrons. The maximum absolute atomic E-state index is 13.7. The largest absolute Gasteiger partial charge is 0.385 e. The van der Waals surface area contributed by atoms with E-state index in [1.54, 1.807) is 13.2 Å². The van der Waals surface area contributed by atoms with Crippen LogP contribution in [-0.4, -0.2) is 31.9 Å². The van der Waals surface area contributed by atoms with Crippen LogP contribution in [0.1, 0.15) is 37.7 Å². The first-order valence-electron chi connectivity index (χ1n) is 7.95. The van der Waals surface area contributed by atoms with E-state index < -0.39 is 5.60 Å². The SMILES string of the molecule is COCCCC[C@@](O)(c1cc(F)ccc1Br)C1CCCNC1. The van der Waals surface area contributed by atoms with E-state index >= 15 is 0 Å². The maximum Gasteiger partial charge on any atom is 0.123 e. The summed E-state index contributed by atoms with van der Waals surface area (Å²) in [6.45, 7) is 2.44. The zero-order valence-corrected chi connectivity index (χ0v) is 14.7. The zero-order valence-electron chi connectivity index (χ0n) is 13.1. The van der Waals surface area contributed by atoms with Gasteiger partial charge in [0, 0.05) is 36.2 Å². The third kappa shape index (κ3) is 4.28. The predicted molar refractivity (Wildman–Crippen MR) is 89.3 cm³/mol. The van der Waals surface area contributed by atoms with E-state index in [0.29, 0.717) is 18.6 Å². The zero-order chi connectivity index (χ0) is 16.0. The Morgan fingerprint density at radius 2 is 2.27 bits per heavy atom. The third-order valence-electron chi connectivity index (χ3n) is 4.52. The summed E-state index contributed by atoms with van der Waals surface area (Å²) in [6, 6.07) is 4.56. The van der Waals surface area contributed by atoms with E-state index in [9.17, 15) is 9.50 Å². The molecule has 5 heteroatoms. The molecular formula is C17H25BrFNO2. The Morgan fingerprint density at radius 3 is 2.95 bits per heavy atom. The molecule has 1 aromatic rings. The topological polar surface area (TPSA) is 41.5 Å². The number of rotatable bonds is 7. The van der Waals surface area contributed by atoms with Crippen molar-refractivity contribution in [1.29, 1.82) is 0 Å². The normalized spacial score (nSPS) is 21.5. The van der Waals surface area contributed by atoms with Crippen LogP contribution in [0.4, 0.5) is 4.39 Å². The van der Waals surface area contributed by atoms with Crippen LogP contribution in [0, 0.1) is 11.7 Å². The first-order valence-corrected chi connectivity index (χ1v) is 8.75. The highest BCUT2D eigenvalue weighted by molar-refractivity contribution is 9.10. The molecule has 1 aliphatic rings. The van der Waals surface area contributed by atoms with Gasteiger partial charge in [-0.25, -0.2) is 4.39 Å². The molecule has 2 rings (SSSR count). The van der Waals surface area contributed by atoms with Gasteiger partial charge in [0.15, 0.2) is 0 Å². The van der Waals surface area contributed by atoms with Gasteiger partial charge >= 0.3 is 0 Å². The van der Waals surface area contributed by atoms with E-state index in [1.165, 1.54) is 12.1 Å². The Hall–Kier alpha value is -0.490. The summed E-state index contributed by atoms with van der Waals surface area (Å²) in [5, 5.41) is 14.8. The van der Waals surface area contributed by atoms with E-state index in [2.05, 4.69) is 21.2 Å². The van der Waals surface area contributed by atoms with Crippen molar-refractivity contribution in [3.63, 3.8) is 0 Å². The van der Waals surface area contributed by atoms with Gasteiger partial charge < -0.3 is 15.2 Å². The number of piperidine rings is 1. The van der Waals surface area contributed by atoms with Crippen molar-refractivity contribution in [3.8, 4) is 0 Å². The number of hydrogen-bond donors (Lipinski definition) is 2. The standard InChI is InChI=1S/C17H25BrFNO2/c1-22-10-3-2-8-17(21,13-5-4-9-20-12-13)15-11-14(19)6-7-16(15)18/h6-7,11,13,20-21H,2-5,8-10,12H2,1H3/t13?,17-/m0/s1. The van der Waals surface area contributed by atoms with Gasteiger partial charge in [-0.1, -0.05) is 15.9 Å². The van der Waals surface area contributed by atoms with Crippen LogP contribution in [0.2, 0.25) is 0 Å². The molecule has 1 aromatic carbocycles. The van der Waals surface area contributed by atoms with E-state index in [-0.39, 0.29) is 11.7 Å². The minimum Gasteiger partial charge on any atom is -0.385 e. The summed E-state index contributed by atoms with van der Waals surface area (Å²) in [5.74, 6) is -0.209. The molecule has 22 heavy (non-hydrogen) atoms. The monoisotopic (exact) mass is 373 g/mol. The fourth-order valence-electron chi connectivity index (χ4n) is 3.29. The van der Waals surface area contributed by atoms with Gasteiger partial charge in [-0.15, -0.1) is 0 Å². The molecule has 0 radical (unpaired) electrons. The Kier molecular flexibility index (Phi) is 6.81. The summed E-state index contributed by atoms with van der Waals surface area (Å²) in [5.41, 5.74) is -0.346. The van der Waals surface area contributed by atoms with Crippen LogP contribution >= 0.6 is 15.9 Å².